The summed E-state index contributed by atoms with van der Waals surface area (Å²) in [4.78, 5) is 4.24. The highest BCUT2D eigenvalue weighted by molar-refractivity contribution is 5.78. The molecule has 4 heteroatoms. The monoisotopic (exact) mass is 155 g/mol. The molecule has 1 aliphatic heterocycles. The van der Waals surface area contributed by atoms with Gasteiger partial charge in [0.2, 0.25) is 0 Å². The normalized spacial score (nSPS) is 26.4. The van der Waals surface area contributed by atoms with E-state index in [0.29, 0.717) is 18.0 Å². The lowest BCUT2D eigenvalue weighted by Crippen LogP contribution is -2.51. The molecule has 0 spiro atoms. The molecule has 0 bridgehead atoms. The highest BCUT2D eigenvalue weighted by Gasteiger charge is 2.22. The van der Waals surface area contributed by atoms with E-state index in [1.165, 1.54) is 12.8 Å². The summed E-state index contributed by atoms with van der Waals surface area (Å²) in [6.07, 6.45) is 2.40. The molecule has 1 saturated carbocycles. The summed E-state index contributed by atoms with van der Waals surface area (Å²) in [6.45, 7) is 1.53. The van der Waals surface area contributed by atoms with Crippen LogP contribution in [-0.2, 0) is 4.74 Å². The number of rotatable bonds is 2. The molecule has 62 valence electrons. The first-order chi connectivity index (χ1) is 5.34. The number of ether oxygens (including phenoxy) is 1. The molecule has 11 heavy (non-hydrogen) atoms. The number of aliphatic imine (C=N–C) groups is 1. The molecule has 1 heterocycles. The van der Waals surface area contributed by atoms with E-state index < -0.39 is 0 Å². The maximum atomic E-state index is 5.61. The van der Waals surface area contributed by atoms with Gasteiger partial charge < -0.3 is 15.8 Å². The van der Waals surface area contributed by atoms with Gasteiger partial charge in [0.25, 0.3) is 0 Å². The minimum atomic E-state index is 0.400. The van der Waals surface area contributed by atoms with Gasteiger partial charge in [0, 0.05) is 0 Å². The highest BCUT2D eigenvalue weighted by atomic mass is 16.5. The zero-order valence-corrected chi connectivity index (χ0v) is 6.42. The van der Waals surface area contributed by atoms with Gasteiger partial charge in [-0.15, -0.1) is 0 Å². The molecule has 0 unspecified atom stereocenters. The molecule has 2 aliphatic rings. The third-order valence-electron chi connectivity index (χ3n) is 1.86. The van der Waals surface area contributed by atoms with Crippen molar-refractivity contribution in [3.63, 3.8) is 0 Å². The number of nitrogens with two attached hydrogens (primary N) is 1. The molecule has 3 N–H and O–H groups in total. The van der Waals surface area contributed by atoms with Crippen LogP contribution in [0.3, 0.4) is 0 Å². The predicted molar refractivity (Wildman–Crippen MR) is 42.4 cm³/mol. The Hall–Kier alpha value is -0.770. The largest absolute Gasteiger partial charge is 0.377 e. The number of nitrogens with zero attached hydrogens (tertiary/aromatic N) is 1. The molecule has 0 aromatic heterocycles. The van der Waals surface area contributed by atoms with E-state index in [0.717, 1.165) is 13.2 Å². The third kappa shape index (κ3) is 1.83. The minimum Gasteiger partial charge on any atom is -0.377 e. The van der Waals surface area contributed by atoms with Crippen LogP contribution in [0.15, 0.2) is 4.99 Å². The van der Waals surface area contributed by atoms with Gasteiger partial charge in [-0.05, 0) is 12.8 Å². The van der Waals surface area contributed by atoms with E-state index in [9.17, 15) is 0 Å². The third-order valence-corrected chi connectivity index (χ3v) is 1.86. The first kappa shape index (κ1) is 6.91. The number of hydrogen-bond acceptors (Lipinski definition) is 2. The van der Waals surface area contributed by atoms with Gasteiger partial charge in [0.05, 0.1) is 25.3 Å². The van der Waals surface area contributed by atoms with Crippen molar-refractivity contribution < 1.29 is 4.74 Å². The van der Waals surface area contributed by atoms with Crippen LogP contribution >= 0.6 is 0 Å². The van der Waals surface area contributed by atoms with Crippen LogP contribution in [-0.4, -0.2) is 31.3 Å². The molecule has 2 rings (SSSR count). The zero-order chi connectivity index (χ0) is 7.68. The Labute approximate surface area is 65.8 Å². The van der Waals surface area contributed by atoms with Crippen molar-refractivity contribution >= 4 is 5.96 Å². The number of hydrogen-bond donors (Lipinski definition) is 2. The molecule has 0 aromatic carbocycles. The van der Waals surface area contributed by atoms with Crippen molar-refractivity contribution in [1.82, 2.24) is 5.32 Å². The van der Waals surface area contributed by atoms with Crippen molar-refractivity contribution in [3.8, 4) is 0 Å². The van der Waals surface area contributed by atoms with E-state index in [-0.39, 0.29) is 0 Å². The SMILES string of the molecule is NC(=NC1CC1)NC1COC1. The molecule has 2 fully saturated rings. The first-order valence-corrected chi connectivity index (χ1v) is 4.02. The van der Waals surface area contributed by atoms with E-state index >= 15 is 0 Å². The second-order valence-electron chi connectivity index (χ2n) is 3.12. The number of nitrogens with one attached hydrogen (secondary N) is 1. The van der Waals surface area contributed by atoms with Gasteiger partial charge in [-0.25, -0.2) is 0 Å². The van der Waals surface area contributed by atoms with Gasteiger partial charge in [-0.3, -0.25) is 4.99 Å². The highest BCUT2D eigenvalue weighted by Crippen LogP contribution is 2.22. The summed E-state index contributed by atoms with van der Waals surface area (Å²) in [7, 11) is 0. The van der Waals surface area contributed by atoms with E-state index in [4.69, 9.17) is 10.5 Å². The summed E-state index contributed by atoms with van der Waals surface area (Å²) < 4.78 is 4.98. The van der Waals surface area contributed by atoms with Crippen molar-refractivity contribution in [1.29, 1.82) is 0 Å². The average molecular weight is 155 g/mol. The average Bonchev–Trinajstić information content (AvgIpc) is 2.62. The van der Waals surface area contributed by atoms with Crippen LogP contribution in [0.1, 0.15) is 12.8 Å². The molecule has 4 nitrogen and oxygen atoms in total. The molecule has 0 amide bonds. The van der Waals surface area contributed by atoms with Gasteiger partial charge in [-0.2, -0.15) is 0 Å². The lowest BCUT2D eigenvalue weighted by Gasteiger charge is -2.27. The molecule has 0 atom stereocenters. The Morgan fingerprint density at radius 2 is 2.18 bits per heavy atom. The quantitative estimate of drug-likeness (QED) is 0.415. The van der Waals surface area contributed by atoms with Crippen LogP contribution in [0.2, 0.25) is 0 Å². The van der Waals surface area contributed by atoms with Gasteiger partial charge in [0.1, 0.15) is 0 Å². The van der Waals surface area contributed by atoms with E-state index in [1.807, 2.05) is 0 Å². The Kier molecular flexibility index (Phi) is 1.69. The van der Waals surface area contributed by atoms with Gasteiger partial charge in [-0.1, -0.05) is 0 Å². The zero-order valence-electron chi connectivity index (χ0n) is 6.42. The van der Waals surface area contributed by atoms with Crippen molar-refractivity contribution in [2.24, 2.45) is 10.7 Å². The Bertz CT molecular complexity index is 173. The second-order valence-corrected chi connectivity index (χ2v) is 3.12. The van der Waals surface area contributed by atoms with Gasteiger partial charge in [0.15, 0.2) is 5.96 Å². The minimum absolute atomic E-state index is 0.400. The van der Waals surface area contributed by atoms with Crippen molar-refractivity contribution in [2.75, 3.05) is 13.2 Å². The smallest absolute Gasteiger partial charge is 0.189 e. The molecule has 0 aromatic rings. The maximum absolute atomic E-state index is 5.61. The van der Waals surface area contributed by atoms with Gasteiger partial charge >= 0.3 is 0 Å². The van der Waals surface area contributed by atoms with Crippen LogP contribution in [0, 0.1) is 0 Å². The maximum Gasteiger partial charge on any atom is 0.189 e. The van der Waals surface area contributed by atoms with E-state index in [2.05, 4.69) is 10.3 Å². The molecule has 1 saturated heterocycles. The van der Waals surface area contributed by atoms with Crippen LogP contribution in [0.4, 0.5) is 0 Å². The molecular formula is C7H13N3O. The lowest BCUT2D eigenvalue weighted by molar-refractivity contribution is 0.00306. The fourth-order valence-electron chi connectivity index (χ4n) is 0.966. The lowest BCUT2D eigenvalue weighted by atomic mass is 10.3. The summed E-state index contributed by atoms with van der Waals surface area (Å²) >= 11 is 0. The summed E-state index contributed by atoms with van der Waals surface area (Å²) in [5, 5.41) is 3.09. The molecule has 0 radical (unpaired) electrons. The van der Waals surface area contributed by atoms with Crippen LogP contribution in [0.5, 0.6) is 0 Å². The Morgan fingerprint density at radius 3 is 2.64 bits per heavy atom. The summed E-state index contributed by atoms with van der Waals surface area (Å²) in [5.41, 5.74) is 5.61. The fourth-order valence-corrected chi connectivity index (χ4v) is 0.966. The fraction of sp³-hybridized carbons (Fsp3) is 0.857. The van der Waals surface area contributed by atoms with Crippen molar-refractivity contribution in [3.05, 3.63) is 0 Å². The molecule has 1 aliphatic carbocycles. The second kappa shape index (κ2) is 2.70. The van der Waals surface area contributed by atoms with E-state index in [1.54, 1.807) is 0 Å². The van der Waals surface area contributed by atoms with Crippen LogP contribution in [0.25, 0.3) is 0 Å². The number of guanidine groups is 1. The Morgan fingerprint density at radius 1 is 1.45 bits per heavy atom. The predicted octanol–water partition coefficient (Wildman–Crippen LogP) is -0.548. The Balaban J connectivity index is 1.74. The summed E-state index contributed by atoms with van der Waals surface area (Å²) in [6, 6.07) is 0.904. The molecular weight excluding hydrogens is 142 g/mol. The van der Waals surface area contributed by atoms with Crippen molar-refractivity contribution in [2.45, 2.75) is 24.9 Å². The summed E-state index contributed by atoms with van der Waals surface area (Å²) in [5.74, 6) is 0.584. The standard InChI is InChI=1S/C7H13N3O/c8-7(9-5-1-2-5)10-6-3-11-4-6/h5-6H,1-4H2,(H3,8,9,10). The van der Waals surface area contributed by atoms with Crippen LogP contribution < -0.4 is 11.1 Å². The first-order valence-electron chi connectivity index (χ1n) is 4.02. The topological polar surface area (TPSA) is 59.6 Å².